The molecule has 0 aliphatic carbocycles. The van der Waals surface area contributed by atoms with Crippen molar-refractivity contribution < 1.29 is 19.6 Å². The molecule has 0 saturated heterocycles. The first-order valence-corrected chi connectivity index (χ1v) is 8.87. The third kappa shape index (κ3) is 5.48. The van der Waals surface area contributed by atoms with E-state index >= 15 is 0 Å². The highest BCUT2D eigenvalue weighted by Crippen LogP contribution is 2.35. The van der Waals surface area contributed by atoms with Gasteiger partial charge >= 0.3 is 0 Å². The lowest BCUT2D eigenvalue weighted by Crippen LogP contribution is -2.32. The Bertz CT molecular complexity index is 929. The van der Waals surface area contributed by atoms with Crippen molar-refractivity contribution in [2.24, 2.45) is 10.2 Å². The van der Waals surface area contributed by atoms with Crippen molar-refractivity contribution in [1.29, 1.82) is 0 Å². The number of nitrogens with one attached hydrogen (secondary N) is 1. The summed E-state index contributed by atoms with van der Waals surface area (Å²) in [5.74, 6) is -0.0847. The monoisotopic (exact) mass is 401 g/mol. The second-order valence-electron chi connectivity index (χ2n) is 6.11. The lowest BCUT2D eigenvalue weighted by atomic mass is 10.2. The van der Waals surface area contributed by atoms with E-state index in [0.717, 1.165) is 0 Å². The van der Waals surface area contributed by atoms with E-state index in [1.165, 1.54) is 32.2 Å². The molecule has 2 N–H and O–H groups in total. The summed E-state index contributed by atoms with van der Waals surface area (Å²) in [7, 11) is 1.38. The van der Waals surface area contributed by atoms with Gasteiger partial charge in [-0.3, -0.25) is 14.9 Å². The van der Waals surface area contributed by atoms with Crippen molar-refractivity contribution in [3.63, 3.8) is 0 Å². The molecule has 2 aromatic rings. The maximum atomic E-state index is 11.6. The average Bonchev–Trinajstić information content (AvgIpc) is 2.67. The van der Waals surface area contributed by atoms with E-state index in [2.05, 4.69) is 15.5 Å². The number of anilines is 2. The van der Waals surface area contributed by atoms with Gasteiger partial charge in [0.15, 0.2) is 5.75 Å². The van der Waals surface area contributed by atoms with Gasteiger partial charge in [0.25, 0.3) is 5.69 Å². The molecule has 1 unspecified atom stereocenters. The Morgan fingerprint density at radius 3 is 2.48 bits per heavy atom. The summed E-state index contributed by atoms with van der Waals surface area (Å²) in [5, 5.41) is 31.8. The first-order valence-electron chi connectivity index (χ1n) is 8.87. The molecule has 2 aromatic carbocycles. The molecule has 2 rings (SSSR count). The van der Waals surface area contributed by atoms with Crippen molar-refractivity contribution >= 4 is 34.3 Å². The molecule has 0 bridgehead atoms. The Kier molecular flexibility index (Phi) is 7.21. The maximum absolute atomic E-state index is 11.6. The Hall–Kier alpha value is -3.53. The topological polar surface area (TPSA) is 130 Å². The molecule has 1 amide bonds. The number of amides is 1. The van der Waals surface area contributed by atoms with Gasteiger partial charge in [-0.2, -0.15) is 0 Å². The Morgan fingerprint density at radius 2 is 1.93 bits per heavy atom. The van der Waals surface area contributed by atoms with Crippen LogP contribution in [0.4, 0.5) is 28.4 Å². The van der Waals surface area contributed by atoms with Crippen LogP contribution in [0.15, 0.2) is 46.6 Å². The minimum Gasteiger partial charge on any atom is -0.494 e. The number of nitro groups is 1. The van der Waals surface area contributed by atoms with Gasteiger partial charge in [0.2, 0.25) is 5.91 Å². The average molecular weight is 401 g/mol. The number of hydrogen-bond donors (Lipinski definition) is 2. The van der Waals surface area contributed by atoms with Crippen molar-refractivity contribution in [1.82, 2.24) is 0 Å². The van der Waals surface area contributed by atoms with Gasteiger partial charge < -0.3 is 20.1 Å². The maximum Gasteiger partial charge on any atom is 0.273 e. The molecule has 0 aliphatic rings. The van der Waals surface area contributed by atoms with Crippen molar-refractivity contribution in [2.45, 2.75) is 27.0 Å². The minimum absolute atomic E-state index is 0.123. The number of ether oxygens (including phenoxy) is 1. The van der Waals surface area contributed by atoms with Crippen LogP contribution in [0.3, 0.4) is 0 Å². The molecule has 154 valence electrons. The second-order valence-corrected chi connectivity index (χ2v) is 6.11. The Labute approximate surface area is 168 Å². The van der Waals surface area contributed by atoms with Gasteiger partial charge in [0.1, 0.15) is 17.6 Å². The van der Waals surface area contributed by atoms with Crippen LogP contribution in [-0.2, 0) is 4.79 Å². The SMILES string of the molecule is CCN(c1ccc(N=Nc2ccc([N+](=O)[O-])cc2OC)c(NC(C)=O)c1)C(C)O. The van der Waals surface area contributed by atoms with E-state index in [9.17, 15) is 20.0 Å². The first-order chi connectivity index (χ1) is 13.8. The third-order valence-corrected chi connectivity index (χ3v) is 4.05. The predicted molar refractivity (Wildman–Crippen MR) is 109 cm³/mol. The largest absolute Gasteiger partial charge is 0.494 e. The van der Waals surface area contributed by atoms with Crippen molar-refractivity contribution in [3.8, 4) is 5.75 Å². The van der Waals surface area contributed by atoms with Gasteiger partial charge in [0, 0.05) is 25.2 Å². The summed E-state index contributed by atoms with van der Waals surface area (Å²) in [6.07, 6.45) is -0.706. The molecule has 0 spiro atoms. The number of rotatable bonds is 8. The van der Waals surface area contributed by atoms with E-state index in [-0.39, 0.29) is 17.3 Å². The van der Waals surface area contributed by atoms with Gasteiger partial charge in [-0.05, 0) is 38.1 Å². The molecular formula is C19H23N5O5. The Morgan fingerprint density at radius 1 is 1.28 bits per heavy atom. The van der Waals surface area contributed by atoms with Gasteiger partial charge in [0.05, 0.1) is 23.8 Å². The smallest absolute Gasteiger partial charge is 0.273 e. The number of nitro benzene ring substituents is 1. The zero-order valence-corrected chi connectivity index (χ0v) is 16.6. The summed E-state index contributed by atoms with van der Waals surface area (Å²) in [6.45, 7) is 5.49. The van der Waals surface area contributed by atoms with E-state index in [1.54, 1.807) is 30.0 Å². The van der Waals surface area contributed by atoms with Crippen molar-refractivity contribution in [3.05, 3.63) is 46.5 Å². The van der Waals surface area contributed by atoms with Crippen LogP contribution in [0.2, 0.25) is 0 Å². The first kappa shape index (κ1) is 21.8. The summed E-state index contributed by atoms with van der Waals surface area (Å²) in [4.78, 5) is 23.7. The van der Waals surface area contributed by atoms with Crippen molar-refractivity contribution in [2.75, 3.05) is 23.9 Å². The molecule has 29 heavy (non-hydrogen) atoms. The van der Waals surface area contributed by atoms with E-state index < -0.39 is 11.2 Å². The predicted octanol–water partition coefficient (Wildman–Crippen LogP) is 4.14. The highest BCUT2D eigenvalue weighted by atomic mass is 16.6. The standard InChI is InChI=1S/C19H23N5O5/c1-5-23(13(3)26)14-6-8-16(18(10-14)20-12(2)25)21-22-17-9-7-15(24(27)28)11-19(17)29-4/h6-11,13,26H,5H2,1-4H3,(H,20,25). The van der Waals surface area contributed by atoms with Crippen LogP contribution in [-0.4, -0.2) is 35.8 Å². The van der Waals surface area contributed by atoms with Crippen LogP contribution in [0.5, 0.6) is 5.75 Å². The Balaban J connectivity index is 2.43. The third-order valence-electron chi connectivity index (χ3n) is 4.05. The number of azo groups is 1. The molecule has 0 saturated carbocycles. The number of carbonyl (C=O) groups excluding carboxylic acids is 1. The molecule has 0 radical (unpaired) electrons. The van der Waals surface area contributed by atoms with Crippen LogP contribution in [0, 0.1) is 10.1 Å². The number of aliphatic hydroxyl groups is 1. The van der Waals surface area contributed by atoms with Crippen LogP contribution in [0.25, 0.3) is 0 Å². The van der Waals surface area contributed by atoms with E-state index in [1.807, 2.05) is 6.92 Å². The van der Waals surface area contributed by atoms with Gasteiger partial charge in [-0.15, -0.1) is 10.2 Å². The quantitative estimate of drug-likeness (QED) is 0.296. The zero-order valence-electron chi connectivity index (χ0n) is 16.6. The fourth-order valence-electron chi connectivity index (χ4n) is 2.71. The molecule has 0 aromatic heterocycles. The molecule has 10 nitrogen and oxygen atoms in total. The number of non-ortho nitro benzene ring substituents is 1. The summed E-state index contributed by atoms with van der Waals surface area (Å²) in [6, 6.07) is 9.10. The molecule has 0 fully saturated rings. The van der Waals surface area contributed by atoms with Gasteiger partial charge in [-0.1, -0.05) is 0 Å². The minimum atomic E-state index is -0.706. The number of benzene rings is 2. The number of carbonyl (C=O) groups is 1. The van der Waals surface area contributed by atoms with Crippen LogP contribution in [0.1, 0.15) is 20.8 Å². The summed E-state index contributed by atoms with van der Waals surface area (Å²) < 4.78 is 5.15. The normalized spacial score (nSPS) is 11.9. The van der Waals surface area contributed by atoms with Gasteiger partial charge in [-0.25, -0.2) is 0 Å². The fourth-order valence-corrected chi connectivity index (χ4v) is 2.71. The molecular weight excluding hydrogens is 378 g/mol. The highest BCUT2D eigenvalue weighted by molar-refractivity contribution is 5.93. The second kappa shape index (κ2) is 9.60. The molecule has 0 aliphatic heterocycles. The van der Waals surface area contributed by atoms with E-state index in [4.69, 9.17) is 4.74 Å². The zero-order chi connectivity index (χ0) is 21.6. The number of nitrogens with zero attached hydrogens (tertiary/aromatic N) is 4. The van der Waals surface area contributed by atoms with E-state index in [0.29, 0.717) is 29.3 Å². The lowest BCUT2D eigenvalue weighted by Gasteiger charge is -2.26. The van der Waals surface area contributed by atoms with Crippen LogP contribution < -0.4 is 15.0 Å². The fraction of sp³-hybridized carbons (Fsp3) is 0.316. The van der Waals surface area contributed by atoms with Crippen LogP contribution >= 0.6 is 0 Å². The number of hydrogen-bond acceptors (Lipinski definition) is 8. The number of aliphatic hydroxyl groups excluding tert-OH is 1. The lowest BCUT2D eigenvalue weighted by molar-refractivity contribution is -0.384. The molecule has 0 heterocycles. The summed E-state index contributed by atoms with van der Waals surface area (Å²) >= 11 is 0. The molecule has 1 atom stereocenters. The summed E-state index contributed by atoms with van der Waals surface area (Å²) in [5.41, 5.74) is 1.68. The highest BCUT2D eigenvalue weighted by Gasteiger charge is 2.14. The number of methoxy groups -OCH3 is 1. The molecule has 10 heteroatoms.